The second-order valence-corrected chi connectivity index (χ2v) is 7.71. The van der Waals surface area contributed by atoms with Crippen LogP contribution in [0.2, 0.25) is 0 Å². The second kappa shape index (κ2) is 9.19. The number of hydrogen-bond donors (Lipinski definition) is 2. The van der Waals surface area contributed by atoms with E-state index in [2.05, 4.69) is 5.32 Å². The quantitative estimate of drug-likeness (QED) is 0.781. The number of amides is 2. The van der Waals surface area contributed by atoms with E-state index in [-0.39, 0.29) is 30.3 Å². The van der Waals surface area contributed by atoms with Crippen molar-refractivity contribution >= 4 is 23.5 Å². The van der Waals surface area contributed by atoms with Gasteiger partial charge in [-0.1, -0.05) is 25.3 Å². The minimum atomic E-state index is -0.937. The summed E-state index contributed by atoms with van der Waals surface area (Å²) in [5.41, 5.74) is 1.03. The third-order valence-electron chi connectivity index (χ3n) is 5.73. The number of benzene rings is 1. The van der Waals surface area contributed by atoms with E-state index in [1.165, 1.54) is 6.42 Å². The molecule has 0 radical (unpaired) electrons. The van der Waals surface area contributed by atoms with Crippen molar-refractivity contribution < 1.29 is 24.2 Å². The zero-order chi connectivity index (χ0) is 20.1. The molecule has 1 saturated heterocycles. The normalized spacial score (nSPS) is 22.8. The molecule has 7 heteroatoms. The number of hydrogen-bond acceptors (Lipinski definition) is 4. The SMILES string of the molecule is COC1CC(CC(=O)O)N(C(=O)c2cccc(NC(=O)C3CCCCC3)c2)C1. The van der Waals surface area contributed by atoms with E-state index in [1.807, 2.05) is 0 Å². The Hall–Kier alpha value is -2.41. The summed E-state index contributed by atoms with van der Waals surface area (Å²) in [7, 11) is 1.57. The summed E-state index contributed by atoms with van der Waals surface area (Å²) in [6.45, 7) is 0.367. The highest BCUT2D eigenvalue weighted by atomic mass is 16.5. The van der Waals surface area contributed by atoms with Crippen LogP contribution in [0.4, 0.5) is 5.69 Å². The molecule has 2 amide bonds. The molecule has 0 bridgehead atoms. The summed E-state index contributed by atoms with van der Waals surface area (Å²) < 4.78 is 5.34. The number of nitrogens with one attached hydrogen (secondary N) is 1. The maximum absolute atomic E-state index is 13.0. The Balaban J connectivity index is 1.70. The van der Waals surface area contributed by atoms with Gasteiger partial charge < -0.3 is 20.1 Å². The molecule has 1 aromatic carbocycles. The molecule has 1 aliphatic heterocycles. The van der Waals surface area contributed by atoms with Gasteiger partial charge in [-0.05, 0) is 37.5 Å². The molecular formula is C21H28N2O5. The number of carboxylic acid groups (broad SMARTS) is 1. The predicted octanol–water partition coefficient (Wildman–Crippen LogP) is 2.91. The van der Waals surface area contributed by atoms with Crippen molar-refractivity contribution in [2.75, 3.05) is 19.0 Å². The zero-order valence-corrected chi connectivity index (χ0v) is 16.2. The monoisotopic (exact) mass is 388 g/mol. The number of nitrogens with zero attached hydrogens (tertiary/aromatic N) is 1. The van der Waals surface area contributed by atoms with E-state index >= 15 is 0 Å². The lowest BCUT2D eigenvalue weighted by molar-refractivity contribution is -0.138. The second-order valence-electron chi connectivity index (χ2n) is 7.71. The van der Waals surface area contributed by atoms with Gasteiger partial charge in [0.1, 0.15) is 0 Å². The predicted molar refractivity (Wildman–Crippen MR) is 104 cm³/mol. The van der Waals surface area contributed by atoms with E-state index < -0.39 is 12.0 Å². The van der Waals surface area contributed by atoms with Crippen LogP contribution in [0.3, 0.4) is 0 Å². The molecule has 1 heterocycles. The minimum absolute atomic E-state index is 0.00803. The van der Waals surface area contributed by atoms with Crippen molar-refractivity contribution in [3.63, 3.8) is 0 Å². The van der Waals surface area contributed by atoms with Crippen molar-refractivity contribution in [1.82, 2.24) is 4.90 Å². The van der Waals surface area contributed by atoms with Crippen LogP contribution in [0.25, 0.3) is 0 Å². The lowest BCUT2D eigenvalue weighted by atomic mass is 9.88. The van der Waals surface area contributed by atoms with Crippen LogP contribution in [-0.2, 0) is 14.3 Å². The van der Waals surface area contributed by atoms with Crippen LogP contribution in [0.15, 0.2) is 24.3 Å². The molecule has 28 heavy (non-hydrogen) atoms. The molecule has 0 aromatic heterocycles. The number of ether oxygens (including phenoxy) is 1. The lowest BCUT2D eigenvalue weighted by Gasteiger charge is -2.24. The Morgan fingerprint density at radius 3 is 2.64 bits per heavy atom. The highest BCUT2D eigenvalue weighted by Gasteiger charge is 2.37. The van der Waals surface area contributed by atoms with Gasteiger partial charge in [-0.3, -0.25) is 14.4 Å². The third-order valence-corrected chi connectivity index (χ3v) is 5.73. The summed E-state index contributed by atoms with van der Waals surface area (Å²) in [6.07, 6.45) is 5.40. The van der Waals surface area contributed by atoms with Crippen molar-refractivity contribution in [3.8, 4) is 0 Å². The Bertz CT molecular complexity index is 729. The fourth-order valence-electron chi connectivity index (χ4n) is 4.19. The topological polar surface area (TPSA) is 95.9 Å². The number of rotatable bonds is 6. The third kappa shape index (κ3) is 4.90. The largest absolute Gasteiger partial charge is 0.481 e. The van der Waals surface area contributed by atoms with Crippen LogP contribution < -0.4 is 5.32 Å². The molecule has 2 N–H and O–H groups in total. The molecule has 3 rings (SSSR count). The van der Waals surface area contributed by atoms with Gasteiger partial charge in [0, 0.05) is 36.9 Å². The Labute approximate surface area is 165 Å². The summed E-state index contributed by atoms with van der Waals surface area (Å²) in [4.78, 5) is 38.2. The molecule has 2 atom stereocenters. The maximum Gasteiger partial charge on any atom is 0.305 e. The molecule has 7 nitrogen and oxygen atoms in total. The fraction of sp³-hybridized carbons (Fsp3) is 0.571. The Morgan fingerprint density at radius 1 is 1.21 bits per heavy atom. The molecule has 2 aliphatic rings. The first-order valence-electron chi connectivity index (χ1n) is 9.94. The summed E-state index contributed by atoms with van der Waals surface area (Å²) in [6, 6.07) is 6.47. The van der Waals surface area contributed by atoms with E-state index in [0.29, 0.717) is 24.2 Å². The summed E-state index contributed by atoms with van der Waals surface area (Å²) >= 11 is 0. The van der Waals surface area contributed by atoms with Gasteiger partial charge in [-0.2, -0.15) is 0 Å². The van der Waals surface area contributed by atoms with Crippen LogP contribution in [0.5, 0.6) is 0 Å². The highest BCUT2D eigenvalue weighted by molar-refractivity contribution is 5.98. The summed E-state index contributed by atoms with van der Waals surface area (Å²) in [5, 5.41) is 12.1. The molecule has 1 saturated carbocycles. The Kier molecular flexibility index (Phi) is 6.67. The standard InChI is InChI=1S/C21H28N2O5/c1-28-18-11-17(12-19(24)25)23(13-18)21(27)15-8-5-9-16(10-15)22-20(26)14-6-3-2-4-7-14/h5,8-10,14,17-18H,2-4,6-7,11-13H2,1H3,(H,22,26)(H,24,25). The van der Waals surface area contributed by atoms with E-state index in [0.717, 1.165) is 25.7 Å². The zero-order valence-electron chi connectivity index (χ0n) is 16.2. The number of carbonyl (C=O) groups excluding carboxylic acids is 2. The van der Waals surface area contributed by atoms with Crippen LogP contribution in [0.1, 0.15) is 55.3 Å². The number of methoxy groups -OCH3 is 1. The molecule has 2 unspecified atom stereocenters. The first kappa shape index (κ1) is 20.3. The number of carboxylic acids is 1. The van der Waals surface area contributed by atoms with Crippen molar-refractivity contribution in [3.05, 3.63) is 29.8 Å². The Morgan fingerprint density at radius 2 is 1.96 bits per heavy atom. The van der Waals surface area contributed by atoms with Gasteiger partial charge in [-0.15, -0.1) is 0 Å². The molecule has 1 aliphatic carbocycles. The van der Waals surface area contributed by atoms with Gasteiger partial charge in [0.2, 0.25) is 5.91 Å². The van der Waals surface area contributed by atoms with Gasteiger partial charge >= 0.3 is 5.97 Å². The van der Waals surface area contributed by atoms with E-state index in [4.69, 9.17) is 9.84 Å². The number of carbonyl (C=O) groups is 3. The highest BCUT2D eigenvalue weighted by Crippen LogP contribution is 2.27. The van der Waals surface area contributed by atoms with Crippen molar-refractivity contribution in [2.24, 2.45) is 5.92 Å². The smallest absolute Gasteiger partial charge is 0.305 e. The average Bonchev–Trinajstić information content (AvgIpc) is 3.10. The number of anilines is 1. The maximum atomic E-state index is 13.0. The molecule has 0 spiro atoms. The average molecular weight is 388 g/mol. The summed E-state index contributed by atoms with van der Waals surface area (Å²) in [5.74, 6) is -1.13. The van der Waals surface area contributed by atoms with E-state index in [9.17, 15) is 14.4 Å². The first-order chi connectivity index (χ1) is 13.5. The molecular weight excluding hydrogens is 360 g/mol. The number of likely N-dealkylation sites (tertiary alicyclic amines) is 1. The van der Waals surface area contributed by atoms with Crippen LogP contribution in [-0.4, -0.2) is 53.6 Å². The molecule has 1 aromatic rings. The van der Waals surface area contributed by atoms with Gasteiger partial charge in [0.15, 0.2) is 0 Å². The van der Waals surface area contributed by atoms with Crippen LogP contribution in [0, 0.1) is 5.92 Å². The van der Waals surface area contributed by atoms with E-state index in [1.54, 1.807) is 36.3 Å². The van der Waals surface area contributed by atoms with Gasteiger partial charge in [0.25, 0.3) is 5.91 Å². The fourth-order valence-corrected chi connectivity index (χ4v) is 4.19. The van der Waals surface area contributed by atoms with Crippen molar-refractivity contribution in [1.29, 1.82) is 0 Å². The lowest BCUT2D eigenvalue weighted by Crippen LogP contribution is -2.37. The minimum Gasteiger partial charge on any atom is -0.481 e. The van der Waals surface area contributed by atoms with Crippen molar-refractivity contribution in [2.45, 2.75) is 57.1 Å². The van der Waals surface area contributed by atoms with Gasteiger partial charge in [0.05, 0.1) is 12.5 Å². The van der Waals surface area contributed by atoms with Crippen LogP contribution >= 0.6 is 0 Å². The first-order valence-corrected chi connectivity index (χ1v) is 9.94. The molecule has 2 fully saturated rings. The number of aliphatic carboxylic acids is 1. The van der Waals surface area contributed by atoms with Gasteiger partial charge in [-0.25, -0.2) is 0 Å². The molecule has 152 valence electrons.